The second-order valence-corrected chi connectivity index (χ2v) is 5.28. The number of nitrogens with one attached hydrogen (secondary N) is 1. The second-order valence-electron chi connectivity index (χ2n) is 3.99. The Morgan fingerprint density at radius 3 is 2.65 bits per heavy atom. The van der Waals surface area contributed by atoms with Crippen LogP contribution in [0, 0.1) is 12.8 Å². The van der Waals surface area contributed by atoms with Crippen LogP contribution in [-0.2, 0) is 4.79 Å². The Balaban J connectivity index is 2.44. The summed E-state index contributed by atoms with van der Waals surface area (Å²) in [5.74, 6) is -0.942. The first-order valence-electron chi connectivity index (χ1n) is 5.59. The SMILES string of the molecule is CCC(CNC(=O)c1ccc(C)s1)CC(=O)O. The lowest BCUT2D eigenvalue weighted by Gasteiger charge is -2.12. The van der Waals surface area contributed by atoms with Gasteiger partial charge in [0.1, 0.15) is 0 Å². The lowest BCUT2D eigenvalue weighted by molar-refractivity contribution is -0.138. The fourth-order valence-electron chi connectivity index (χ4n) is 1.49. The highest BCUT2D eigenvalue weighted by atomic mass is 32.1. The first-order chi connectivity index (χ1) is 8.02. The van der Waals surface area contributed by atoms with Crippen LogP contribution < -0.4 is 5.32 Å². The van der Waals surface area contributed by atoms with Crippen molar-refractivity contribution in [3.8, 4) is 0 Å². The van der Waals surface area contributed by atoms with E-state index in [9.17, 15) is 9.59 Å². The van der Waals surface area contributed by atoms with Gasteiger partial charge in [0.15, 0.2) is 0 Å². The third-order valence-corrected chi connectivity index (χ3v) is 3.56. The van der Waals surface area contributed by atoms with Crippen LogP contribution in [0.5, 0.6) is 0 Å². The minimum atomic E-state index is -0.821. The van der Waals surface area contributed by atoms with Crippen LogP contribution >= 0.6 is 11.3 Å². The average molecular weight is 255 g/mol. The van der Waals surface area contributed by atoms with Crippen LogP contribution in [0.2, 0.25) is 0 Å². The molecule has 1 aromatic rings. The summed E-state index contributed by atoms with van der Waals surface area (Å²) in [5.41, 5.74) is 0. The van der Waals surface area contributed by atoms with Gasteiger partial charge in [-0.25, -0.2) is 0 Å². The molecule has 0 saturated heterocycles. The first kappa shape index (κ1) is 13.7. The van der Waals surface area contributed by atoms with E-state index in [2.05, 4.69) is 5.32 Å². The van der Waals surface area contributed by atoms with Crippen molar-refractivity contribution >= 4 is 23.2 Å². The minimum absolute atomic E-state index is 0.00231. The van der Waals surface area contributed by atoms with Gasteiger partial charge in [0.05, 0.1) is 4.88 Å². The van der Waals surface area contributed by atoms with Crippen LogP contribution in [0.15, 0.2) is 12.1 Å². The number of hydrogen-bond acceptors (Lipinski definition) is 3. The maximum absolute atomic E-state index is 11.7. The normalized spacial score (nSPS) is 12.1. The molecular weight excluding hydrogens is 238 g/mol. The third-order valence-electron chi connectivity index (χ3n) is 2.56. The van der Waals surface area contributed by atoms with Gasteiger partial charge in [-0.1, -0.05) is 13.3 Å². The van der Waals surface area contributed by atoms with E-state index in [1.165, 1.54) is 11.3 Å². The summed E-state index contributed by atoms with van der Waals surface area (Å²) in [6.45, 7) is 4.29. The third kappa shape index (κ3) is 4.56. The monoisotopic (exact) mass is 255 g/mol. The molecule has 17 heavy (non-hydrogen) atoms. The molecule has 0 aliphatic rings. The van der Waals surface area contributed by atoms with Crippen LogP contribution in [0.1, 0.15) is 34.3 Å². The molecule has 0 aliphatic heterocycles. The van der Waals surface area contributed by atoms with E-state index in [1.54, 1.807) is 6.07 Å². The molecule has 1 rings (SSSR count). The molecular formula is C12H17NO3S. The summed E-state index contributed by atoms with van der Waals surface area (Å²) < 4.78 is 0. The van der Waals surface area contributed by atoms with Crippen molar-refractivity contribution in [3.05, 3.63) is 21.9 Å². The molecule has 0 aromatic carbocycles. The zero-order valence-corrected chi connectivity index (χ0v) is 10.8. The van der Waals surface area contributed by atoms with Crippen LogP contribution in [0.25, 0.3) is 0 Å². The maximum Gasteiger partial charge on any atom is 0.303 e. The predicted molar refractivity (Wildman–Crippen MR) is 67.4 cm³/mol. The predicted octanol–water partition coefficient (Wildman–Crippen LogP) is 2.29. The number of thiophene rings is 1. The number of carboxylic acid groups (broad SMARTS) is 1. The number of carbonyl (C=O) groups excluding carboxylic acids is 1. The number of amides is 1. The van der Waals surface area contributed by atoms with Crippen molar-refractivity contribution < 1.29 is 14.7 Å². The summed E-state index contributed by atoms with van der Waals surface area (Å²) in [6, 6.07) is 3.68. The van der Waals surface area contributed by atoms with E-state index in [1.807, 2.05) is 19.9 Å². The Morgan fingerprint density at radius 2 is 2.18 bits per heavy atom. The summed E-state index contributed by atoms with van der Waals surface area (Å²) >= 11 is 1.44. The second kappa shape index (κ2) is 6.39. The van der Waals surface area contributed by atoms with Crippen molar-refractivity contribution in [2.24, 2.45) is 5.92 Å². The van der Waals surface area contributed by atoms with Crippen LogP contribution in [-0.4, -0.2) is 23.5 Å². The molecule has 1 aromatic heterocycles. The van der Waals surface area contributed by atoms with Crippen molar-refractivity contribution in [1.82, 2.24) is 5.32 Å². The molecule has 0 aliphatic carbocycles. The van der Waals surface area contributed by atoms with Crippen LogP contribution in [0.3, 0.4) is 0 Å². The van der Waals surface area contributed by atoms with Gasteiger partial charge in [0.2, 0.25) is 0 Å². The smallest absolute Gasteiger partial charge is 0.303 e. The molecule has 94 valence electrons. The van der Waals surface area contributed by atoms with Crippen molar-refractivity contribution in [2.75, 3.05) is 6.54 Å². The summed E-state index contributed by atoms with van der Waals surface area (Å²) in [5, 5.41) is 11.5. The van der Waals surface area contributed by atoms with Gasteiger partial charge in [0, 0.05) is 17.8 Å². The summed E-state index contributed by atoms with van der Waals surface area (Å²) in [7, 11) is 0. The standard InChI is InChI=1S/C12H17NO3S/c1-3-9(6-11(14)15)7-13-12(16)10-5-4-8(2)17-10/h4-5,9H,3,6-7H2,1-2H3,(H,13,16)(H,14,15). The first-order valence-corrected chi connectivity index (χ1v) is 6.41. The number of carbonyl (C=O) groups is 2. The van der Waals surface area contributed by atoms with E-state index in [0.29, 0.717) is 11.4 Å². The molecule has 1 atom stereocenters. The fourth-order valence-corrected chi connectivity index (χ4v) is 2.27. The molecule has 0 saturated carbocycles. The van der Waals surface area contributed by atoms with Gasteiger partial charge in [-0.2, -0.15) is 0 Å². The highest BCUT2D eigenvalue weighted by molar-refractivity contribution is 7.13. The van der Waals surface area contributed by atoms with Crippen LogP contribution in [0.4, 0.5) is 0 Å². The Kier molecular flexibility index (Phi) is 5.15. The van der Waals surface area contributed by atoms with Gasteiger partial charge in [-0.05, 0) is 25.0 Å². The fraction of sp³-hybridized carbons (Fsp3) is 0.500. The molecule has 2 N–H and O–H groups in total. The molecule has 0 radical (unpaired) electrons. The molecule has 1 unspecified atom stereocenters. The van der Waals surface area contributed by atoms with E-state index in [4.69, 9.17) is 5.11 Å². The highest BCUT2D eigenvalue weighted by Gasteiger charge is 2.14. The molecule has 5 heteroatoms. The van der Waals surface area contributed by atoms with Gasteiger partial charge >= 0.3 is 5.97 Å². The van der Waals surface area contributed by atoms with Crippen molar-refractivity contribution in [2.45, 2.75) is 26.7 Å². The number of aryl methyl sites for hydroxylation is 1. The molecule has 1 heterocycles. The Labute approximate surface area is 105 Å². The minimum Gasteiger partial charge on any atom is -0.481 e. The van der Waals surface area contributed by atoms with Crippen molar-refractivity contribution in [1.29, 1.82) is 0 Å². The maximum atomic E-state index is 11.7. The number of rotatable bonds is 6. The molecule has 0 spiro atoms. The van der Waals surface area contributed by atoms with E-state index in [0.717, 1.165) is 11.3 Å². The molecule has 0 fully saturated rings. The lowest BCUT2D eigenvalue weighted by atomic mass is 10.0. The summed E-state index contributed by atoms with van der Waals surface area (Å²) in [6.07, 6.45) is 0.844. The Morgan fingerprint density at radius 1 is 1.47 bits per heavy atom. The molecule has 4 nitrogen and oxygen atoms in total. The number of carboxylic acids is 1. The Hall–Kier alpha value is -1.36. The van der Waals surface area contributed by atoms with Gasteiger partial charge < -0.3 is 10.4 Å². The number of aliphatic carboxylic acids is 1. The highest BCUT2D eigenvalue weighted by Crippen LogP contribution is 2.15. The topological polar surface area (TPSA) is 66.4 Å². The molecule has 1 amide bonds. The largest absolute Gasteiger partial charge is 0.481 e. The quantitative estimate of drug-likeness (QED) is 0.819. The van der Waals surface area contributed by atoms with E-state index in [-0.39, 0.29) is 18.2 Å². The zero-order chi connectivity index (χ0) is 12.8. The van der Waals surface area contributed by atoms with Crippen molar-refractivity contribution in [3.63, 3.8) is 0 Å². The lowest BCUT2D eigenvalue weighted by Crippen LogP contribution is -2.29. The number of hydrogen-bond donors (Lipinski definition) is 2. The van der Waals surface area contributed by atoms with Gasteiger partial charge in [0.25, 0.3) is 5.91 Å². The van der Waals surface area contributed by atoms with Gasteiger partial charge in [-0.3, -0.25) is 9.59 Å². The Bertz CT molecular complexity index is 400. The average Bonchev–Trinajstić information content (AvgIpc) is 2.70. The molecule has 0 bridgehead atoms. The summed E-state index contributed by atoms with van der Waals surface area (Å²) in [4.78, 5) is 24.1. The van der Waals surface area contributed by atoms with E-state index >= 15 is 0 Å². The van der Waals surface area contributed by atoms with Gasteiger partial charge in [-0.15, -0.1) is 11.3 Å². The zero-order valence-electron chi connectivity index (χ0n) is 10.0. The van der Waals surface area contributed by atoms with E-state index < -0.39 is 5.97 Å².